The van der Waals surface area contributed by atoms with Gasteiger partial charge in [-0.2, -0.15) is 13.2 Å². The number of alkyl halides is 3. The molecule has 0 bridgehead atoms. The molecule has 0 aliphatic heterocycles. The third kappa shape index (κ3) is 3.89. The summed E-state index contributed by atoms with van der Waals surface area (Å²) in [7, 11) is 1.59. The van der Waals surface area contributed by atoms with Gasteiger partial charge in [0.05, 0.1) is 12.7 Å². The van der Waals surface area contributed by atoms with Gasteiger partial charge in [0, 0.05) is 5.56 Å². The number of ether oxygens (including phenoxy) is 1. The van der Waals surface area contributed by atoms with E-state index in [0.717, 1.165) is 28.8 Å². The molecule has 0 unspecified atom stereocenters. The van der Waals surface area contributed by atoms with Gasteiger partial charge in [-0.05, 0) is 47.1 Å². The van der Waals surface area contributed by atoms with Gasteiger partial charge in [0.25, 0.3) is 0 Å². The Balaban J connectivity index is 2.36. The first-order chi connectivity index (χ1) is 13.6. The van der Waals surface area contributed by atoms with Gasteiger partial charge in [-0.25, -0.2) is 0 Å². The van der Waals surface area contributed by atoms with E-state index in [-0.39, 0.29) is 16.3 Å². The highest BCUT2D eigenvalue weighted by Crippen LogP contribution is 2.42. The number of fused-ring (bicyclic) bond motifs is 1. The van der Waals surface area contributed by atoms with Crippen LogP contribution in [0, 0.1) is 6.92 Å². The number of methoxy groups -OCH3 is 1. The first-order valence-corrected chi connectivity index (χ1v) is 9.82. The van der Waals surface area contributed by atoms with Crippen molar-refractivity contribution in [3.8, 4) is 11.4 Å². The number of hydrogen-bond acceptors (Lipinski definition) is 3. The van der Waals surface area contributed by atoms with Crippen LogP contribution in [0.4, 0.5) is 13.2 Å². The van der Waals surface area contributed by atoms with Crippen molar-refractivity contribution in [1.82, 2.24) is 15.0 Å². The third-order valence-electron chi connectivity index (χ3n) is 5.24. The van der Waals surface area contributed by atoms with Crippen LogP contribution < -0.4 is 4.74 Å². The lowest BCUT2D eigenvalue weighted by molar-refractivity contribution is -0.137. The molecular weight excluding hydrogens is 391 g/mol. The van der Waals surface area contributed by atoms with Gasteiger partial charge in [0.1, 0.15) is 22.5 Å². The summed E-state index contributed by atoms with van der Waals surface area (Å²) in [4.78, 5) is 1.41. The second-order valence-corrected chi connectivity index (χ2v) is 9.67. The number of halogens is 3. The van der Waals surface area contributed by atoms with Crippen LogP contribution in [0.15, 0.2) is 24.3 Å². The van der Waals surface area contributed by atoms with Crippen LogP contribution >= 0.6 is 0 Å². The molecular formula is C23H28F3N3O. The summed E-state index contributed by atoms with van der Waals surface area (Å²) in [5.41, 5.74) is 3.15. The Morgan fingerprint density at radius 3 is 1.90 bits per heavy atom. The molecule has 1 heterocycles. The zero-order chi connectivity index (χ0) is 22.6. The number of hydrogen-bond donors (Lipinski definition) is 0. The first kappa shape index (κ1) is 22.1. The largest absolute Gasteiger partial charge is 0.494 e. The topological polar surface area (TPSA) is 39.9 Å². The number of rotatable bonds is 2. The highest BCUT2D eigenvalue weighted by atomic mass is 19.4. The van der Waals surface area contributed by atoms with Crippen molar-refractivity contribution < 1.29 is 17.9 Å². The number of nitrogens with zero attached hydrogens (tertiary/aromatic N) is 3. The second kappa shape index (κ2) is 7.00. The number of benzene rings is 2. The number of aromatic nitrogens is 3. The highest BCUT2D eigenvalue weighted by Gasteiger charge is 2.32. The molecule has 4 nitrogen and oxygen atoms in total. The van der Waals surface area contributed by atoms with Crippen LogP contribution in [-0.2, 0) is 17.0 Å². The molecule has 0 N–H and O–H groups in total. The monoisotopic (exact) mass is 419 g/mol. The molecule has 162 valence electrons. The summed E-state index contributed by atoms with van der Waals surface area (Å²) in [6.07, 6.45) is -4.43. The lowest BCUT2D eigenvalue weighted by Gasteiger charge is -2.30. The van der Waals surface area contributed by atoms with E-state index in [1.54, 1.807) is 7.11 Å². The highest BCUT2D eigenvalue weighted by molar-refractivity contribution is 5.75. The smallest absolute Gasteiger partial charge is 0.416 e. The quantitative estimate of drug-likeness (QED) is 0.486. The first-order valence-electron chi connectivity index (χ1n) is 9.82. The summed E-state index contributed by atoms with van der Waals surface area (Å²) in [6.45, 7) is 14.6. The summed E-state index contributed by atoms with van der Waals surface area (Å²) < 4.78 is 45.2. The Hall–Kier alpha value is -2.57. The van der Waals surface area contributed by atoms with Crippen molar-refractivity contribution in [2.45, 2.75) is 65.5 Å². The molecule has 0 radical (unpaired) electrons. The van der Waals surface area contributed by atoms with E-state index in [1.807, 2.05) is 6.92 Å². The molecule has 0 amide bonds. The lowest BCUT2D eigenvalue weighted by atomic mass is 9.77. The standard InChI is InChI=1S/C23H28F3N3O/c1-13-15(21(2,3)4)12-16(22(5,6)7)20(30-8)19(13)29-27-17-10-9-14(23(24,25)26)11-18(17)28-29/h9-12H,1-8H3. The average Bonchev–Trinajstić information content (AvgIpc) is 3.00. The van der Waals surface area contributed by atoms with Crippen molar-refractivity contribution in [2.75, 3.05) is 7.11 Å². The Morgan fingerprint density at radius 1 is 0.833 bits per heavy atom. The normalized spacial score (nSPS) is 13.2. The fraction of sp³-hybridized carbons (Fsp3) is 0.478. The van der Waals surface area contributed by atoms with Gasteiger partial charge in [-0.15, -0.1) is 15.0 Å². The molecule has 3 rings (SSSR count). The molecule has 30 heavy (non-hydrogen) atoms. The van der Waals surface area contributed by atoms with Gasteiger partial charge in [0.2, 0.25) is 0 Å². The van der Waals surface area contributed by atoms with E-state index in [4.69, 9.17) is 4.74 Å². The molecule has 0 aliphatic carbocycles. The Kier molecular flexibility index (Phi) is 5.16. The molecule has 7 heteroatoms. The summed E-state index contributed by atoms with van der Waals surface area (Å²) >= 11 is 0. The summed E-state index contributed by atoms with van der Waals surface area (Å²) in [6, 6.07) is 5.56. The molecule has 0 fully saturated rings. The minimum Gasteiger partial charge on any atom is -0.494 e. The van der Waals surface area contributed by atoms with Crippen LogP contribution in [0.3, 0.4) is 0 Å². The summed E-state index contributed by atoms with van der Waals surface area (Å²) in [5.74, 6) is 0.629. The second-order valence-electron chi connectivity index (χ2n) is 9.67. The average molecular weight is 419 g/mol. The van der Waals surface area contributed by atoms with Crippen molar-refractivity contribution in [3.63, 3.8) is 0 Å². The van der Waals surface area contributed by atoms with Crippen molar-refractivity contribution in [3.05, 3.63) is 46.5 Å². The summed E-state index contributed by atoms with van der Waals surface area (Å²) in [5, 5.41) is 8.88. The Morgan fingerprint density at radius 2 is 1.40 bits per heavy atom. The Bertz CT molecular complexity index is 1100. The lowest BCUT2D eigenvalue weighted by Crippen LogP contribution is -2.21. The minimum atomic E-state index is -4.43. The van der Waals surface area contributed by atoms with E-state index in [1.165, 1.54) is 10.9 Å². The van der Waals surface area contributed by atoms with E-state index < -0.39 is 11.7 Å². The SMILES string of the molecule is COc1c(C(C)(C)C)cc(C(C)(C)C)c(C)c1-n1nc2ccc(C(F)(F)F)cc2n1. The maximum atomic E-state index is 13.1. The zero-order valence-corrected chi connectivity index (χ0v) is 18.7. The predicted octanol–water partition coefficient (Wildman–Crippen LogP) is 6.35. The van der Waals surface area contributed by atoms with Crippen LogP contribution in [-0.4, -0.2) is 22.1 Å². The zero-order valence-electron chi connectivity index (χ0n) is 18.7. The van der Waals surface area contributed by atoms with Crippen LogP contribution in [0.25, 0.3) is 16.7 Å². The van der Waals surface area contributed by atoms with Crippen LogP contribution in [0.2, 0.25) is 0 Å². The van der Waals surface area contributed by atoms with Gasteiger partial charge >= 0.3 is 6.18 Å². The van der Waals surface area contributed by atoms with E-state index in [0.29, 0.717) is 17.0 Å². The van der Waals surface area contributed by atoms with Crippen molar-refractivity contribution in [2.24, 2.45) is 0 Å². The molecule has 3 aromatic rings. The van der Waals surface area contributed by atoms with Gasteiger partial charge < -0.3 is 4.74 Å². The van der Waals surface area contributed by atoms with Crippen LogP contribution in [0.1, 0.15) is 63.8 Å². The van der Waals surface area contributed by atoms with E-state index >= 15 is 0 Å². The maximum absolute atomic E-state index is 13.1. The predicted molar refractivity (Wildman–Crippen MR) is 113 cm³/mol. The van der Waals surface area contributed by atoms with Gasteiger partial charge in [0.15, 0.2) is 0 Å². The van der Waals surface area contributed by atoms with Crippen molar-refractivity contribution >= 4 is 11.0 Å². The van der Waals surface area contributed by atoms with Crippen LogP contribution in [0.5, 0.6) is 5.75 Å². The molecule has 2 aromatic carbocycles. The molecule has 0 spiro atoms. The van der Waals surface area contributed by atoms with Crippen molar-refractivity contribution in [1.29, 1.82) is 0 Å². The fourth-order valence-electron chi connectivity index (χ4n) is 3.72. The molecule has 0 aliphatic rings. The molecule has 0 saturated heterocycles. The van der Waals surface area contributed by atoms with Gasteiger partial charge in [-0.3, -0.25) is 0 Å². The molecule has 0 saturated carbocycles. The molecule has 0 atom stereocenters. The fourth-order valence-corrected chi connectivity index (χ4v) is 3.72. The third-order valence-corrected chi connectivity index (χ3v) is 5.24. The van der Waals surface area contributed by atoms with Gasteiger partial charge in [-0.1, -0.05) is 47.6 Å². The minimum absolute atomic E-state index is 0.152. The van der Waals surface area contributed by atoms with E-state index in [2.05, 4.69) is 57.8 Å². The Labute approximate surface area is 175 Å². The molecule has 1 aromatic heterocycles. The van der Waals surface area contributed by atoms with E-state index in [9.17, 15) is 13.2 Å². The maximum Gasteiger partial charge on any atom is 0.416 e.